The number of carboxylic acid groups (broad SMARTS) is 1. The van der Waals surface area contributed by atoms with E-state index in [-0.39, 0.29) is 5.57 Å². The summed E-state index contributed by atoms with van der Waals surface area (Å²) in [5.74, 6) is -1.13. The Bertz CT molecular complexity index is 353. The minimum Gasteiger partial charge on any atom is -0.515 e. The summed E-state index contributed by atoms with van der Waals surface area (Å²) in [5.41, 5.74) is 1.28. The Morgan fingerprint density at radius 1 is 1.38 bits per heavy atom. The van der Waals surface area contributed by atoms with Crippen LogP contribution in [0.15, 0.2) is 30.5 Å². The smallest absolute Gasteiger partial charge is 0.339 e. The Morgan fingerprint density at radius 2 is 2.00 bits per heavy atom. The van der Waals surface area contributed by atoms with Gasteiger partial charge in [0.15, 0.2) is 0 Å². The van der Waals surface area contributed by atoms with Crippen molar-refractivity contribution in [1.29, 1.82) is 0 Å². The van der Waals surface area contributed by atoms with Crippen LogP contribution in [-0.4, -0.2) is 16.2 Å². The van der Waals surface area contributed by atoms with E-state index in [0.717, 1.165) is 5.56 Å². The van der Waals surface area contributed by atoms with Crippen LogP contribution < -0.4 is 0 Å². The minimum atomic E-state index is -1.13. The van der Waals surface area contributed by atoms with Gasteiger partial charge in [0, 0.05) is 0 Å². The molecule has 0 heterocycles. The van der Waals surface area contributed by atoms with E-state index in [0.29, 0.717) is 11.8 Å². The molecule has 3 nitrogen and oxygen atoms in total. The Hall–Kier alpha value is -1.77. The molecule has 1 rings (SSSR count). The third-order valence-corrected chi connectivity index (χ3v) is 1.79. The standard InChI is InChI=1S/C10H10O3/c1-7-4-2-3-5-8(7)9(6-11)10(12)13/h2-6,11H,1H3,(H,12,13)/b9-6+. The molecule has 13 heavy (non-hydrogen) atoms. The van der Waals surface area contributed by atoms with Crippen molar-refractivity contribution in [2.24, 2.45) is 0 Å². The fourth-order valence-corrected chi connectivity index (χ4v) is 1.12. The molecule has 3 heteroatoms. The number of carbonyl (C=O) groups is 1. The molecule has 0 aliphatic rings. The average Bonchev–Trinajstić information content (AvgIpc) is 2.09. The van der Waals surface area contributed by atoms with Crippen LogP contribution in [0.1, 0.15) is 11.1 Å². The van der Waals surface area contributed by atoms with Crippen LogP contribution in [0.25, 0.3) is 5.57 Å². The van der Waals surface area contributed by atoms with Crippen LogP contribution >= 0.6 is 0 Å². The number of hydrogen-bond donors (Lipinski definition) is 2. The topological polar surface area (TPSA) is 57.5 Å². The predicted octanol–water partition coefficient (Wildman–Crippen LogP) is 1.98. The Kier molecular flexibility index (Phi) is 2.69. The Labute approximate surface area is 76.0 Å². The van der Waals surface area contributed by atoms with Crippen molar-refractivity contribution in [3.8, 4) is 0 Å². The zero-order chi connectivity index (χ0) is 9.84. The summed E-state index contributed by atoms with van der Waals surface area (Å²) in [7, 11) is 0. The normalized spacial score (nSPS) is 11.3. The van der Waals surface area contributed by atoms with Gasteiger partial charge in [-0.1, -0.05) is 24.3 Å². The molecular weight excluding hydrogens is 168 g/mol. The van der Waals surface area contributed by atoms with Crippen LogP contribution in [0.3, 0.4) is 0 Å². The van der Waals surface area contributed by atoms with Crippen molar-refractivity contribution in [3.63, 3.8) is 0 Å². The first-order valence-electron chi connectivity index (χ1n) is 3.80. The molecule has 0 bridgehead atoms. The number of aryl methyl sites for hydroxylation is 1. The summed E-state index contributed by atoms with van der Waals surface area (Å²) in [5, 5.41) is 17.5. The molecule has 0 aliphatic carbocycles. The largest absolute Gasteiger partial charge is 0.515 e. The second-order valence-electron chi connectivity index (χ2n) is 2.66. The van der Waals surface area contributed by atoms with Gasteiger partial charge in [-0.25, -0.2) is 4.79 Å². The van der Waals surface area contributed by atoms with E-state index in [4.69, 9.17) is 10.2 Å². The van der Waals surface area contributed by atoms with E-state index in [1.54, 1.807) is 25.1 Å². The van der Waals surface area contributed by atoms with E-state index in [1.807, 2.05) is 6.07 Å². The molecule has 0 aliphatic heterocycles. The highest BCUT2D eigenvalue weighted by Crippen LogP contribution is 2.17. The quantitative estimate of drug-likeness (QED) is 0.537. The van der Waals surface area contributed by atoms with Crippen molar-refractivity contribution in [2.45, 2.75) is 6.92 Å². The molecule has 1 aromatic carbocycles. The van der Waals surface area contributed by atoms with Gasteiger partial charge in [-0.2, -0.15) is 0 Å². The van der Waals surface area contributed by atoms with E-state index in [1.165, 1.54) is 0 Å². The fourth-order valence-electron chi connectivity index (χ4n) is 1.12. The van der Waals surface area contributed by atoms with Crippen molar-refractivity contribution in [1.82, 2.24) is 0 Å². The first kappa shape index (κ1) is 9.32. The monoisotopic (exact) mass is 178 g/mol. The van der Waals surface area contributed by atoms with Crippen molar-refractivity contribution >= 4 is 11.5 Å². The van der Waals surface area contributed by atoms with Crippen molar-refractivity contribution < 1.29 is 15.0 Å². The van der Waals surface area contributed by atoms with Gasteiger partial charge in [-0.05, 0) is 18.1 Å². The van der Waals surface area contributed by atoms with E-state index < -0.39 is 5.97 Å². The zero-order valence-corrected chi connectivity index (χ0v) is 7.19. The highest BCUT2D eigenvalue weighted by Gasteiger charge is 2.11. The highest BCUT2D eigenvalue weighted by atomic mass is 16.4. The summed E-state index contributed by atoms with van der Waals surface area (Å²) < 4.78 is 0. The molecule has 0 spiro atoms. The summed E-state index contributed by atoms with van der Waals surface area (Å²) in [4.78, 5) is 10.7. The lowest BCUT2D eigenvalue weighted by atomic mass is 10.0. The van der Waals surface area contributed by atoms with Crippen LogP contribution in [-0.2, 0) is 4.79 Å². The number of aliphatic hydroxyl groups is 1. The van der Waals surface area contributed by atoms with Crippen molar-refractivity contribution in [2.75, 3.05) is 0 Å². The van der Waals surface area contributed by atoms with Crippen LogP contribution in [0.4, 0.5) is 0 Å². The molecule has 0 amide bonds. The SMILES string of the molecule is Cc1ccccc1/C(=C\O)C(=O)O. The van der Waals surface area contributed by atoms with Crippen LogP contribution in [0.5, 0.6) is 0 Å². The number of hydrogen-bond acceptors (Lipinski definition) is 2. The van der Waals surface area contributed by atoms with Crippen LogP contribution in [0, 0.1) is 6.92 Å². The van der Waals surface area contributed by atoms with Gasteiger partial charge in [-0.3, -0.25) is 0 Å². The van der Waals surface area contributed by atoms with Gasteiger partial charge in [0.05, 0.1) is 6.26 Å². The molecule has 1 aromatic rings. The minimum absolute atomic E-state index is 0.0851. The first-order valence-corrected chi connectivity index (χ1v) is 3.80. The number of rotatable bonds is 2. The molecule has 0 radical (unpaired) electrons. The van der Waals surface area contributed by atoms with Gasteiger partial charge < -0.3 is 10.2 Å². The van der Waals surface area contributed by atoms with Gasteiger partial charge in [0.2, 0.25) is 0 Å². The lowest BCUT2D eigenvalue weighted by molar-refractivity contribution is -0.130. The Balaban J connectivity index is 3.21. The maximum absolute atomic E-state index is 10.7. The molecule has 0 unspecified atom stereocenters. The van der Waals surface area contributed by atoms with E-state index >= 15 is 0 Å². The second kappa shape index (κ2) is 3.76. The van der Waals surface area contributed by atoms with Crippen molar-refractivity contribution in [3.05, 3.63) is 41.7 Å². The van der Waals surface area contributed by atoms with Crippen LogP contribution in [0.2, 0.25) is 0 Å². The van der Waals surface area contributed by atoms with Gasteiger partial charge in [0.1, 0.15) is 5.57 Å². The molecule has 2 N–H and O–H groups in total. The molecule has 0 aromatic heterocycles. The maximum atomic E-state index is 10.7. The number of carboxylic acids is 1. The molecular formula is C10H10O3. The van der Waals surface area contributed by atoms with Gasteiger partial charge in [-0.15, -0.1) is 0 Å². The Morgan fingerprint density at radius 3 is 2.46 bits per heavy atom. The third kappa shape index (κ3) is 1.87. The lowest BCUT2D eigenvalue weighted by Crippen LogP contribution is -2.01. The zero-order valence-electron chi connectivity index (χ0n) is 7.19. The number of aliphatic carboxylic acids is 1. The molecule has 0 fully saturated rings. The second-order valence-corrected chi connectivity index (χ2v) is 2.66. The maximum Gasteiger partial charge on any atom is 0.339 e. The van der Waals surface area contributed by atoms with E-state index in [2.05, 4.69) is 0 Å². The average molecular weight is 178 g/mol. The molecule has 68 valence electrons. The fraction of sp³-hybridized carbons (Fsp3) is 0.100. The molecule has 0 saturated carbocycles. The lowest BCUT2D eigenvalue weighted by Gasteiger charge is -2.03. The summed E-state index contributed by atoms with van der Waals surface area (Å²) >= 11 is 0. The van der Waals surface area contributed by atoms with E-state index in [9.17, 15) is 4.79 Å². The first-order chi connectivity index (χ1) is 6.16. The third-order valence-electron chi connectivity index (χ3n) is 1.79. The molecule has 0 saturated heterocycles. The van der Waals surface area contributed by atoms with Gasteiger partial charge in [0.25, 0.3) is 0 Å². The summed E-state index contributed by atoms with van der Waals surface area (Å²) in [6.07, 6.45) is 0.616. The number of benzene rings is 1. The number of aliphatic hydroxyl groups excluding tert-OH is 1. The summed E-state index contributed by atoms with van der Waals surface area (Å²) in [6.45, 7) is 1.79. The predicted molar refractivity (Wildman–Crippen MR) is 49.4 cm³/mol. The summed E-state index contributed by atoms with van der Waals surface area (Å²) in [6, 6.07) is 7.00. The van der Waals surface area contributed by atoms with Gasteiger partial charge >= 0.3 is 5.97 Å². The highest BCUT2D eigenvalue weighted by molar-refractivity contribution is 6.15. The molecule has 0 atom stereocenters.